The number of nitriles is 1. The van der Waals surface area contributed by atoms with Gasteiger partial charge in [-0.2, -0.15) is 5.26 Å². The van der Waals surface area contributed by atoms with Crippen molar-refractivity contribution in [3.8, 4) is 17.6 Å². The summed E-state index contributed by atoms with van der Waals surface area (Å²) in [6.45, 7) is 0.716. The second-order valence-electron chi connectivity index (χ2n) is 3.73. The van der Waals surface area contributed by atoms with E-state index in [1.165, 1.54) is 0 Å². The minimum absolute atomic E-state index is 0.0247. The summed E-state index contributed by atoms with van der Waals surface area (Å²) in [7, 11) is 3.15. The van der Waals surface area contributed by atoms with Crippen molar-refractivity contribution in [2.75, 3.05) is 27.3 Å². The van der Waals surface area contributed by atoms with Crippen LogP contribution in [-0.2, 0) is 11.3 Å². The van der Waals surface area contributed by atoms with Crippen LogP contribution in [0.3, 0.4) is 0 Å². The number of benzene rings is 1. The van der Waals surface area contributed by atoms with Crippen LogP contribution in [-0.4, -0.2) is 33.2 Å². The van der Waals surface area contributed by atoms with Crippen LogP contribution in [0.2, 0.25) is 0 Å². The number of hydrogen-bond acceptors (Lipinski definition) is 5. The highest BCUT2D eigenvalue weighted by Gasteiger charge is 2.05. The first-order chi connectivity index (χ1) is 9.21. The molecule has 0 aliphatic rings. The summed E-state index contributed by atoms with van der Waals surface area (Å²) in [5.41, 5.74) is 0.978. The second-order valence-corrected chi connectivity index (χ2v) is 3.73. The Bertz CT molecular complexity index is 469. The van der Waals surface area contributed by atoms with Crippen molar-refractivity contribution in [2.24, 2.45) is 0 Å². The van der Waals surface area contributed by atoms with Gasteiger partial charge in [-0.3, -0.25) is 4.79 Å². The first-order valence-electron chi connectivity index (χ1n) is 5.76. The molecule has 0 radical (unpaired) electrons. The van der Waals surface area contributed by atoms with Crippen LogP contribution in [0, 0.1) is 11.3 Å². The minimum atomic E-state index is -0.206. The van der Waals surface area contributed by atoms with Gasteiger partial charge in [0.2, 0.25) is 5.91 Å². The Kier molecular flexibility index (Phi) is 6.19. The zero-order chi connectivity index (χ0) is 14.1. The zero-order valence-electron chi connectivity index (χ0n) is 11.0. The molecule has 6 nitrogen and oxygen atoms in total. The fourth-order valence-corrected chi connectivity index (χ4v) is 1.51. The number of methoxy groups -OCH3 is 2. The van der Waals surface area contributed by atoms with E-state index in [1.54, 1.807) is 14.2 Å². The summed E-state index contributed by atoms with van der Waals surface area (Å²) in [5, 5.41) is 13.7. The molecule has 6 heteroatoms. The highest BCUT2D eigenvalue weighted by molar-refractivity contribution is 5.78. The Morgan fingerprint density at radius 3 is 2.68 bits per heavy atom. The Morgan fingerprint density at radius 1 is 1.32 bits per heavy atom. The Balaban J connectivity index is 2.46. The molecule has 0 bridgehead atoms. The Morgan fingerprint density at radius 2 is 2.05 bits per heavy atom. The molecule has 1 amide bonds. The molecule has 0 aromatic heterocycles. The smallest absolute Gasteiger partial charge is 0.234 e. The third-order valence-corrected chi connectivity index (χ3v) is 2.43. The van der Waals surface area contributed by atoms with E-state index in [4.69, 9.17) is 14.7 Å². The molecule has 0 aliphatic heterocycles. The molecule has 1 aromatic rings. The Labute approximate surface area is 112 Å². The van der Waals surface area contributed by atoms with Gasteiger partial charge in [0.05, 0.1) is 26.8 Å². The van der Waals surface area contributed by atoms with Crippen LogP contribution < -0.4 is 20.1 Å². The summed E-state index contributed by atoms with van der Waals surface area (Å²) in [4.78, 5) is 11.2. The van der Waals surface area contributed by atoms with Gasteiger partial charge < -0.3 is 20.1 Å². The van der Waals surface area contributed by atoms with E-state index in [2.05, 4.69) is 10.6 Å². The van der Waals surface area contributed by atoms with Gasteiger partial charge in [0.25, 0.3) is 0 Å². The highest BCUT2D eigenvalue weighted by atomic mass is 16.5. The first-order valence-corrected chi connectivity index (χ1v) is 5.76. The lowest BCUT2D eigenvalue weighted by Crippen LogP contribution is -2.33. The molecule has 0 aliphatic carbocycles. The minimum Gasteiger partial charge on any atom is -0.493 e. The van der Waals surface area contributed by atoms with Crippen LogP contribution in [0.5, 0.6) is 11.5 Å². The number of carbonyl (C=O) groups is 1. The SMILES string of the molecule is COc1ccc(CNCC(=O)NCC#N)cc1OC. The van der Waals surface area contributed by atoms with E-state index >= 15 is 0 Å². The topological polar surface area (TPSA) is 83.4 Å². The fraction of sp³-hybridized carbons (Fsp3) is 0.385. The third-order valence-electron chi connectivity index (χ3n) is 2.43. The number of nitrogens with one attached hydrogen (secondary N) is 2. The summed E-state index contributed by atoms with van der Waals surface area (Å²) in [6, 6.07) is 7.39. The summed E-state index contributed by atoms with van der Waals surface area (Å²) in [6.07, 6.45) is 0. The maximum atomic E-state index is 11.2. The summed E-state index contributed by atoms with van der Waals surface area (Å²) < 4.78 is 10.3. The molecule has 1 rings (SSSR count). The number of hydrogen-bond donors (Lipinski definition) is 2. The average Bonchev–Trinajstić information content (AvgIpc) is 2.44. The van der Waals surface area contributed by atoms with E-state index in [1.807, 2.05) is 24.3 Å². The van der Waals surface area contributed by atoms with Crippen molar-refractivity contribution in [3.63, 3.8) is 0 Å². The van der Waals surface area contributed by atoms with Gasteiger partial charge in [-0.05, 0) is 17.7 Å². The standard InChI is InChI=1S/C13H17N3O3/c1-18-11-4-3-10(7-12(11)19-2)8-15-9-13(17)16-6-5-14/h3-4,7,15H,6,8-9H2,1-2H3,(H,16,17). The van der Waals surface area contributed by atoms with Crippen molar-refractivity contribution in [1.82, 2.24) is 10.6 Å². The monoisotopic (exact) mass is 263 g/mol. The van der Waals surface area contributed by atoms with Crippen molar-refractivity contribution < 1.29 is 14.3 Å². The normalized spacial score (nSPS) is 9.53. The molecular weight excluding hydrogens is 246 g/mol. The lowest BCUT2D eigenvalue weighted by atomic mass is 10.2. The zero-order valence-corrected chi connectivity index (χ0v) is 11.0. The van der Waals surface area contributed by atoms with Crippen LogP contribution in [0.15, 0.2) is 18.2 Å². The molecule has 2 N–H and O–H groups in total. The molecule has 1 aromatic carbocycles. The van der Waals surface area contributed by atoms with Crippen LogP contribution in [0.25, 0.3) is 0 Å². The number of rotatable bonds is 7. The fourth-order valence-electron chi connectivity index (χ4n) is 1.51. The van der Waals surface area contributed by atoms with Crippen LogP contribution in [0.4, 0.5) is 0 Å². The molecule has 0 atom stereocenters. The van der Waals surface area contributed by atoms with Crippen molar-refractivity contribution >= 4 is 5.91 Å². The third kappa shape index (κ3) is 4.85. The summed E-state index contributed by atoms with van der Waals surface area (Å²) in [5.74, 6) is 1.11. The van der Waals surface area contributed by atoms with Gasteiger partial charge >= 0.3 is 0 Å². The van der Waals surface area contributed by atoms with E-state index in [0.29, 0.717) is 18.0 Å². The van der Waals surface area contributed by atoms with Gasteiger partial charge in [0.15, 0.2) is 11.5 Å². The molecule has 0 heterocycles. The molecule has 0 saturated carbocycles. The number of amides is 1. The molecule has 102 valence electrons. The lowest BCUT2D eigenvalue weighted by molar-refractivity contribution is -0.120. The molecular formula is C13H17N3O3. The van der Waals surface area contributed by atoms with Gasteiger partial charge in [-0.1, -0.05) is 6.07 Å². The van der Waals surface area contributed by atoms with Gasteiger partial charge in [-0.15, -0.1) is 0 Å². The second kappa shape index (κ2) is 7.95. The highest BCUT2D eigenvalue weighted by Crippen LogP contribution is 2.27. The van der Waals surface area contributed by atoms with Crippen molar-refractivity contribution in [2.45, 2.75) is 6.54 Å². The van der Waals surface area contributed by atoms with Gasteiger partial charge in [0.1, 0.15) is 6.54 Å². The largest absolute Gasteiger partial charge is 0.493 e. The number of nitrogens with zero attached hydrogens (tertiary/aromatic N) is 1. The van der Waals surface area contributed by atoms with E-state index in [0.717, 1.165) is 5.56 Å². The first kappa shape index (κ1) is 14.8. The van der Waals surface area contributed by atoms with E-state index in [-0.39, 0.29) is 19.0 Å². The number of carbonyl (C=O) groups excluding carboxylic acids is 1. The van der Waals surface area contributed by atoms with Gasteiger partial charge in [0, 0.05) is 6.54 Å². The summed E-state index contributed by atoms with van der Waals surface area (Å²) >= 11 is 0. The van der Waals surface area contributed by atoms with Crippen molar-refractivity contribution in [3.05, 3.63) is 23.8 Å². The van der Waals surface area contributed by atoms with Crippen molar-refractivity contribution in [1.29, 1.82) is 5.26 Å². The maximum absolute atomic E-state index is 11.2. The Hall–Kier alpha value is -2.26. The molecule has 0 unspecified atom stereocenters. The average molecular weight is 263 g/mol. The number of ether oxygens (including phenoxy) is 2. The molecule has 0 fully saturated rings. The molecule has 0 spiro atoms. The van der Waals surface area contributed by atoms with E-state index in [9.17, 15) is 4.79 Å². The quantitative estimate of drug-likeness (QED) is 0.697. The van der Waals surface area contributed by atoms with Crippen LogP contribution >= 0.6 is 0 Å². The maximum Gasteiger partial charge on any atom is 0.234 e. The lowest BCUT2D eigenvalue weighted by Gasteiger charge is -2.10. The van der Waals surface area contributed by atoms with E-state index < -0.39 is 0 Å². The van der Waals surface area contributed by atoms with Crippen LogP contribution in [0.1, 0.15) is 5.56 Å². The predicted molar refractivity (Wildman–Crippen MR) is 69.9 cm³/mol. The molecule has 19 heavy (non-hydrogen) atoms. The molecule has 0 saturated heterocycles. The predicted octanol–water partition coefficient (Wildman–Crippen LogP) is 0.433. The van der Waals surface area contributed by atoms with Gasteiger partial charge in [-0.25, -0.2) is 0 Å².